The number of hydrogen-bond donors (Lipinski definition) is 2. The molecule has 2 N–H and O–H groups in total. The standard InChI is InChI=1S/C14H11N3O4/c18-14-11-3-1-2-4-12(11)15-13(16(14)19)9-5-7-10(8-6-9)17(20)21/h1-8,13,15,19H/t13-/m1/s1. The van der Waals surface area contributed by atoms with Gasteiger partial charge in [0.1, 0.15) is 0 Å². The first-order valence-corrected chi connectivity index (χ1v) is 6.20. The molecule has 0 spiro atoms. The van der Waals surface area contributed by atoms with Crippen molar-refractivity contribution in [3.63, 3.8) is 0 Å². The van der Waals surface area contributed by atoms with Gasteiger partial charge in [0.15, 0.2) is 6.17 Å². The third-order valence-corrected chi connectivity index (χ3v) is 3.32. The number of amides is 1. The van der Waals surface area contributed by atoms with Crippen molar-refractivity contribution in [3.05, 3.63) is 69.8 Å². The van der Waals surface area contributed by atoms with E-state index in [-0.39, 0.29) is 5.69 Å². The van der Waals surface area contributed by atoms with E-state index in [4.69, 9.17) is 0 Å². The van der Waals surface area contributed by atoms with Crippen molar-refractivity contribution >= 4 is 17.3 Å². The van der Waals surface area contributed by atoms with Gasteiger partial charge < -0.3 is 5.32 Å². The van der Waals surface area contributed by atoms with Gasteiger partial charge in [0.25, 0.3) is 11.6 Å². The minimum absolute atomic E-state index is 0.0502. The van der Waals surface area contributed by atoms with Crippen LogP contribution in [0.1, 0.15) is 22.1 Å². The molecular weight excluding hydrogens is 274 g/mol. The molecule has 0 bridgehead atoms. The Hall–Kier alpha value is -2.93. The zero-order valence-corrected chi connectivity index (χ0v) is 10.8. The number of benzene rings is 2. The number of para-hydroxylation sites is 1. The van der Waals surface area contributed by atoms with E-state index >= 15 is 0 Å². The monoisotopic (exact) mass is 285 g/mol. The fourth-order valence-electron chi connectivity index (χ4n) is 2.25. The Bertz CT molecular complexity index is 714. The van der Waals surface area contributed by atoms with Crippen LogP contribution < -0.4 is 5.32 Å². The number of hydroxylamine groups is 2. The number of nitrogens with one attached hydrogen (secondary N) is 1. The van der Waals surface area contributed by atoms with Crippen molar-refractivity contribution in [1.29, 1.82) is 0 Å². The highest BCUT2D eigenvalue weighted by Gasteiger charge is 2.32. The van der Waals surface area contributed by atoms with E-state index in [1.54, 1.807) is 24.3 Å². The predicted molar refractivity (Wildman–Crippen MR) is 73.9 cm³/mol. The lowest BCUT2D eigenvalue weighted by Gasteiger charge is -2.33. The lowest BCUT2D eigenvalue weighted by Crippen LogP contribution is -2.40. The van der Waals surface area contributed by atoms with Crippen molar-refractivity contribution < 1.29 is 14.9 Å². The summed E-state index contributed by atoms with van der Waals surface area (Å²) < 4.78 is 0. The summed E-state index contributed by atoms with van der Waals surface area (Å²) >= 11 is 0. The van der Waals surface area contributed by atoms with Crippen molar-refractivity contribution in [3.8, 4) is 0 Å². The molecule has 1 aliphatic rings. The first-order valence-electron chi connectivity index (χ1n) is 6.20. The topological polar surface area (TPSA) is 95.7 Å². The van der Waals surface area contributed by atoms with Gasteiger partial charge >= 0.3 is 0 Å². The molecule has 0 saturated heterocycles. The van der Waals surface area contributed by atoms with E-state index in [2.05, 4.69) is 5.32 Å². The second-order valence-corrected chi connectivity index (χ2v) is 4.59. The van der Waals surface area contributed by atoms with Gasteiger partial charge in [-0.2, -0.15) is 5.06 Å². The van der Waals surface area contributed by atoms with E-state index in [1.165, 1.54) is 24.3 Å². The number of carbonyl (C=O) groups is 1. The number of fused-ring (bicyclic) bond motifs is 1. The van der Waals surface area contributed by atoms with Crippen LogP contribution in [0.15, 0.2) is 48.5 Å². The maximum atomic E-state index is 12.1. The number of nitro benzene ring substituents is 1. The molecule has 0 aromatic heterocycles. The molecule has 1 aliphatic heterocycles. The van der Waals surface area contributed by atoms with Crippen LogP contribution in [0.5, 0.6) is 0 Å². The van der Waals surface area contributed by atoms with E-state index in [1.807, 2.05) is 0 Å². The number of anilines is 1. The molecule has 2 aromatic rings. The van der Waals surface area contributed by atoms with E-state index in [0.29, 0.717) is 21.9 Å². The van der Waals surface area contributed by atoms with Gasteiger partial charge in [0.2, 0.25) is 0 Å². The van der Waals surface area contributed by atoms with Crippen LogP contribution in [-0.2, 0) is 0 Å². The second kappa shape index (κ2) is 4.88. The number of non-ortho nitro benzene ring substituents is 1. The van der Waals surface area contributed by atoms with Crippen molar-refractivity contribution in [1.82, 2.24) is 5.06 Å². The van der Waals surface area contributed by atoms with Crippen LogP contribution in [0.25, 0.3) is 0 Å². The normalized spacial score (nSPS) is 17.1. The molecule has 1 amide bonds. The number of rotatable bonds is 2. The van der Waals surface area contributed by atoms with Gasteiger partial charge in [0.05, 0.1) is 10.5 Å². The summed E-state index contributed by atoms with van der Waals surface area (Å²) in [6.45, 7) is 0. The molecule has 0 saturated carbocycles. The predicted octanol–water partition coefficient (Wildman–Crippen LogP) is 2.55. The highest BCUT2D eigenvalue weighted by molar-refractivity contribution is 6.00. The molecule has 0 fully saturated rings. The summed E-state index contributed by atoms with van der Waals surface area (Å²) in [4.78, 5) is 22.2. The summed E-state index contributed by atoms with van der Waals surface area (Å²) in [6.07, 6.45) is -0.784. The van der Waals surface area contributed by atoms with Crippen molar-refractivity contribution in [2.24, 2.45) is 0 Å². The largest absolute Gasteiger partial charge is 0.359 e. The highest BCUT2D eigenvalue weighted by Crippen LogP contribution is 2.32. The lowest BCUT2D eigenvalue weighted by molar-refractivity contribution is -0.384. The molecule has 1 heterocycles. The highest BCUT2D eigenvalue weighted by atomic mass is 16.6. The summed E-state index contributed by atoms with van der Waals surface area (Å²) in [7, 11) is 0. The van der Waals surface area contributed by atoms with Gasteiger partial charge in [-0.1, -0.05) is 12.1 Å². The molecule has 21 heavy (non-hydrogen) atoms. The average molecular weight is 285 g/mol. The van der Waals surface area contributed by atoms with Crippen LogP contribution in [0.3, 0.4) is 0 Å². The number of nitrogens with zero attached hydrogens (tertiary/aromatic N) is 2. The molecule has 106 valence electrons. The Kier molecular flexibility index (Phi) is 3.03. The molecule has 7 heteroatoms. The van der Waals surface area contributed by atoms with Crippen LogP contribution in [0.2, 0.25) is 0 Å². The molecule has 2 aromatic carbocycles. The third kappa shape index (κ3) is 2.19. The van der Waals surface area contributed by atoms with Crippen molar-refractivity contribution in [2.75, 3.05) is 5.32 Å². The Balaban J connectivity index is 1.96. The molecule has 1 atom stereocenters. The fraction of sp³-hybridized carbons (Fsp3) is 0.0714. The number of hydrogen-bond acceptors (Lipinski definition) is 5. The maximum Gasteiger partial charge on any atom is 0.281 e. The van der Waals surface area contributed by atoms with Gasteiger partial charge in [0, 0.05) is 17.8 Å². The van der Waals surface area contributed by atoms with Gasteiger partial charge in [-0.15, -0.1) is 0 Å². The van der Waals surface area contributed by atoms with Gasteiger partial charge in [-0.25, -0.2) is 0 Å². The lowest BCUT2D eigenvalue weighted by atomic mass is 10.1. The van der Waals surface area contributed by atoms with Gasteiger partial charge in [-0.05, 0) is 29.8 Å². The van der Waals surface area contributed by atoms with Crippen LogP contribution in [0.4, 0.5) is 11.4 Å². The zero-order valence-electron chi connectivity index (χ0n) is 10.8. The molecule has 0 radical (unpaired) electrons. The number of nitro groups is 1. The van der Waals surface area contributed by atoms with Crippen molar-refractivity contribution in [2.45, 2.75) is 6.17 Å². The average Bonchev–Trinajstić information content (AvgIpc) is 2.51. The maximum absolute atomic E-state index is 12.1. The Labute approximate surface area is 119 Å². The summed E-state index contributed by atoms with van der Waals surface area (Å²) in [5.74, 6) is -0.521. The first kappa shape index (κ1) is 13.1. The number of carbonyl (C=O) groups excluding carboxylic acids is 1. The molecule has 7 nitrogen and oxygen atoms in total. The Morgan fingerprint density at radius 3 is 2.48 bits per heavy atom. The molecule has 0 aliphatic carbocycles. The smallest absolute Gasteiger partial charge is 0.281 e. The SMILES string of the molecule is O=C1c2ccccc2N[C@@H](c2ccc([N+](=O)[O-])cc2)N1O. The Morgan fingerprint density at radius 1 is 1.14 bits per heavy atom. The van der Waals surface area contributed by atoms with Gasteiger partial charge in [-0.3, -0.25) is 20.1 Å². The summed E-state index contributed by atoms with van der Waals surface area (Å²) in [5.41, 5.74) is 1.48. The molecule has 3 rings (SSSR count). The van der Waals surface area contributed by atoms with Crippen LogP contribution >= 0.6 is 0 Å². The molecule has 0 unspecified atom stereocenters. The molecular formula is C14H11N3O4. The fourth-order valence-corrected chi connectivity index (χ4v) is 2.25. The minimum Gasteiger partial charge on any atom is -0.359 e. The second-order valence-electron chi connectivity index (χ2n) is 4.59. The van der Waals surface area contributed by atoms with E-state index < -0.39 is 17.0 Å². The first-order chi connectivity index (χ1) is 10.1. The van der Waals surface area contributed by atoms with Crippen LogP contribution in [-0.4, -0.2) is 21.1 Å². The summed E-state index contributed by atoms with van der Waals surface area (Å²) in [5, 5.41) is 24.3. The third-order valence-electron chi connectivity index (χ3n) is 3.32. The minimum atomic E-state index is -0.784. The zero-order chi connectivity index (χ0) is 15.0. The quantitative estimate of drug-likeness (QED) is 0.502. The Morgan fingerprint density at radius 2 is 1.81 bits per heavy atom. The summed E-state index contributed by atoms with van der Waals surface area (Å²) in [6, 6.07) is 12.5. The van der Waals surface area contributed by atoms with E-state index in [0.717, 1.165) is 0 Å². The van der Waals surface area contributed by atoms with Crippen LogP contribution in [0, 0.1) is 10.1 Å². The van der Waals surface area contributed by atoms with E-state index in [9.17, 15) is 20.1 Å².